The molecule has 1 heteroatoms. The molecule has 0 aliphatic rings. The van der Waals surface area contributed by atoms with E-state index in [4.69, 9.17) is 5.73 Å². The Morgan fingerprint density at radius 2 is 1.44 bits per heavy atom. The van der Waals surface area contributed by atoms with Crippen LogP contribution in [0.2, 0.25) is 0 Å². The lowest BCUT2D eigenvalue weighted by molar-refractivity contribution is 0.820. The van der Waals surface area contributed by atoms with E-state index in [0.717, 1.165) is 0 Å². The normalized spacial score (nSPS) is 12.5. The van der Waals surface area contributed by atoms with Crippen molar-refractivity contribution in [2.75, 3.05) is 0 Å². The summed E-state index contributed by atoms with van der Waals surface area (Å²) in [5.74, 6) is 0. The molecule has 0 radical (unpaired) electrons. The molecule has 0 saturated heterocycles. The highest BCUT2D eigenvalue weighted by atomic mass is 14.6. The molecule has 0 saturated carbocycles. The molecule has 0 aliphatic heterocycles. The summed E-state index contributed by atoms with van der Waals surface area (Å²) in [6, 6.07) is 13.0. The van der Waals surface area contributed by atoms with Gasteiger partial charge < -0.3 is 5.73 Å². The van der Waals surface area contributed by atoms with Crippen LogP contribution in [0.4, 0.5) is 0 Å². The largest absolute Gasteiger partial charge is 0.324 e. The van der Waals surface area contributed by atoms with Crippen molar-refractivity contribution in [2.24, 2.45) is 5.73 Å². The molecular formula is C17H21N. The van der Waals surface area contributed by atoms with Gasteiger partial charge in [-0.15, -0.1) is 0 Å². The summed E-state index contributed by atoms with van der Waals surface area (Å²) in [5, 5.41) is 0. The van der Waals surface area contributed by atoms with Crippen LogP contribution >= 0.6 is 0 Å². The van der Waals surface area contributed by atoms with Gasteiger partial charge in [0.2, 0.25) is 0 Å². The van der Waals surface area contributed by atoms with Crippen molar-refractivity contribution in [1.82, 2.24) is 0 Å². The standard InChI is InChI=1S/C17H21N/c1-11-9-13(3)17(10-12(11)2)16-8-6-5-7-15(16)14(4)18/h5-10,14H,18H2,1-4H3. The molecule has 0 aliphatic carbocycles. The van der Waals surface area contributed by atoms with Gasteiger partial charge in [-0.2, -0.15) is 0 Å². The zero-order chi connectivity index (χ0) is 13.3. The lowest BCUT2D eigenvalue weighted by atomic mass is 9.90. The van der Waals surface area contributed by atoms with Gasteiger partial charge in [0.15, 0.2) is 0 Å². The zero-order valence-electron chi connectivity index (χ0n) is 11.6. The van der Waals surface area contributed by atoms with E-state index in [1.165, 1.54) is 33.4 Å². The predicted octanol–water partition coefficient (Wildman–Crippen LogP) is 4.30. The zero-order valence-corrected chi connectivity index (χ0v) is 11.6. The maximum atomic E-state index is 6.07. The van der Waals surface area contributed by atoms with Crippen LogP contribution in [0, 0.1) is 20.8 Å². The summed E-state index contributed by atoms with van der Waals surface area (Å²) in [6.07, 6.45) is 0. The first-order chi connectivity index (χ1) is 8.50. The minimum atomic E-state index is 0.0576. The maximum Gasteiger partial charge on any atom is 0.0272 e. The van der Waals surface area contributed by atoms with Crippen LogP contribution in [0.1, 0.15) is 35.2 Å². The number of aryl methyl sites for hydroxylation is 3. The number of hydrogen-bond donors (Lipinski definition) is 1. The van der Waals surface area contributed by atoms with Gasteiger partial charge in [-0.3, -0.25) is 0 Å². The summed E-state index contributed by atoms with van der Waals surface area (Å²) < 4.78 is 0. The van der Waals surface area contributed by atoms with Gasteiger partial charge in [0.1, 0.15) is 0 Å². The highest BCUT2D eigenvalue weighted by Crippen LogP contribution is 2.31. The molecule has 1 atom stereocenters. The van der Waals surface area contributed by atoms with E-state index < -0.39 is 0 Å². The molecule has 0 bridgehead atoms. The molecule has 0 aromatic heterocycles. The number of rotatable bonds is 2. The smallest absolute Gasteiger partial charge is 0.0272 e. The Morgan fingerprint density at radius 1 is 0.833 bits per heavy atom. The quantitative estimate of drug-likeness (QED) is 0.830. The van der Waals surface area contributed by atoms with Crippen LogP contribution in [0.15, 0.2) is 36.4 Å². The summed E-state index contributed by atoms with van der Waals surface area (Å²) in [6.45, 7) is 8.52. The maximum absolute atomic E-state index is 6.07. The fourth-order valence-electron chi connectivity index (χ4n) is 2.39. The van der Waals surface area contributed by atoms with Crippen molar-refractivity contribution in [2.45, 2.75) is 33.7 Å². The number of nitrogens with two attached hydrogens (primary N) is 1. The molecule has 0 amide bonds. The minimum absolute atomic E-state index is 0.0576. The van der Waals surface area contributed by atoms with Gasteiger partial charge in [0.25, 0.3) is 0 Å². The monoisotopic (exact) mass is 239 g/mol. The molecule has 1 nitrogen and oxygen atoms in total. The van der Waals surface area contributed by atoms with Crippen molar-refractivity contribution < 1.29 is 0 Å². The molecule has 2 N–H and O–H groups in total. The van der Waals surface area contributed by atoms with Crippen molar-refractivity contribution in [1.29, 1.82) is 0 Å². The second kappa shape index (κ2) is 4.95. The highest BCUT2D eigenvalue weighted by Gasteiger charge is 2.11. The Kier molecular flexibility index (Phi) is 3.53. The molecule has 18 heavy (non-hydrogen) atoms. The summed E-state index contributed by atoms with van der Waals surface area (Å²) in [4.78, 5) is 0. The first kappa shape index (κ1) is 12.8. The van der Waals surface area contributed by atoms with Crippen molar-refractivity contribution in [3.63, 3.8) is 0 Å². The Morgan fingerprint density at radius 3 is 2.11 bits per heavy atom. The van der Waals surface area contributed by atoms with Gasteiger partial charge >= 0.3 is 0 Å². The molecular weight excluding hydrogens is 218 g/mol. The average Bonchev–Trinajstić information content (AvgIpc) is 2.34. The van der Waals surface area contributed by atoms with Crippen LogP contribution in [0.5, 0.6) is 0 Å². The van der Waals surface area contributed by atoms with Gasteiger partial charge in [-0.05, 0) is 61.1 Å². The lowest BCUT2D eigenvalue weighted by Gasteiger charge is -2.16. The van der Waals surface area contributed by atoms with Gasteiger partial charge in [-0.25, -0.2) is 0 Å². The summed E-state index contributed by atoms with van der Waals surface area (Å²) in [5.41, 5.74) is 13.8. The van der Waals surface area contributed by atoms with E-state index in [2.05, 4.69) is 57.2 Å². The van der Waals surface area contributed by atoms with E-state index in [1.54, 1.807) is 0 Å². The third-order valence-corrected chi connectivity index (χ3v) is 3.58. The van der Waals surface area contributed by atoms with E-state index >= 15 is 0 Å². The van der Waals surface area contributed by atoms with Crippen LogP contribution < -0.4 is 5.73 Å². The molecule has 0 fully saturated rings. The fourth-order valence-corrected chi connectivity index (χ4v) is 2.39. The van der Waals surface area contributed by atoms with E-state index in [0.29, 0.717) is 0 Å². The molecule has 1 unspecified atom stereocenters. The molecule has 0 spiro atoms. The lowest BCUT2D eigenvalue weighted by Crippen LogP contribution is -2.07. The van der Waals surface area contributed by atoms with Crippen molar-refractivity contribution in [3.05, 3.63) is 58.7 Å². The third-order valence-electron chi connectivity index (χ3n) is 3.58. The Hall–Kier alpha value is -1.60. The SMILES string of the molecule is Cc1cc(C)c(-c2ccccc2C(C)N)cc1C. The summed E-state index contributed by atoms with van der Waals surface area (Å²) >= 11 is 0. The van der Waals surface area contributed by atoms with Crippen LogP contribution in [-0.4, -0.2) is 0 Å². The first-order valence-electron chi connectivity index (χ1n) is 6.43. The average molecular weight is 239 g/mol. The number of hydrogen-bond acceptors (Lipinski definition) is 1. The topological polar surface area (TPSA) is 26.0 Å². The molecule has 2 rings (SSSR count). The van der Waals surface area contributed by atoms with Gasteiger partial charge in [0, 0.05) is 6.04 Å². The summed E-state index contributed by atoms with van der Waals surface area (Å²) in [7, 11) is 0. The van der Waals surface area contributed by atoms with Crippen molar-refractivity contribution >= 4 is 0 Å². The Balaban J connectivity index is 2.66. The van der Waals surface area contributed by atoms with Crippen LogP contribution in [0.3, 0.4) is 0 Å². The predicted molar refractivity (Wildman–Crippen MR) is 78.7 cm³/mol. The molecule has 2 aromatic rings. The highest BCUT2D eigenvalue weighted by molar-refractivity contribution is 5.72. The van der Waals surface area contributed by atoms with E-state index in [-0.39, 0.29) is 6.04 Å². The third kappa shape index (κ3) is 2.32. The second-order valence-electron chi connectivity index (χ2n) is 5.13. The minimum Gasteiger partial charge on any atom is -0.324 e. The fraction of sp³-hybridized carbons (Fsp3) is 0.294. The number of benzene rings is 2. The van der Waals surface area contributed by atoms with Crippen LogP contribution in [-0.2, 0) is 0 Å². The van der Waals surface area contributed by atoms with E-state index in [9.17, 15) is 0 Å². The van der Waals surface area contributed by atoms with Gasteiger partial charge in [0.05, 0.1) is 0 Å². The molecule has 2 aromatic carbocycles. The van der Waals surface area contributed by atoms with Gasteiger partial charge in [-0.1, -0.05) is 36.4 Å². The molecule has 94 valence electrons. The second-order valence-corrected chi connectivity index (χ2v) is 5.13. The van der Waals surface area contributed by atoms with Crippen molar-refractivity contribution in [3.8, 4) is 11.1 Å². The Labute approximate surface area is 110 Å². The van der Waals surface area contributed by atoms with Crippen LogP contribution in [0.25, 0.3) is 11.1 Å². The first-order valence-corrected chi connectivity index (χ1v) is 6.43. The Bertz CT molecular complexity index is 568. The molecule has 0 heterocycles. The van der Waals surface area contributed by atoms with E-state index in [1.807, 2.05) is 6.92 Å².